The van der Waals surface area contributed by atoms with Crippen LogP contribution in [0.4, 0.5) is 11.4 Å². The van der Waals surface area contributed by atoms with Crippen molar-refractivity contribution >= 4 is 17.3 Å². The summed E-state index contributed by atoms with van der Waals surface area (Å²) < 4.78 is 0. The third-order valence-corrected chi connectivity index (χ3v) is 4.76. The van der Waals surface area contributed by atoms with Crippen LogP contribution in [-0.4, -0.2) is 17.4 Å². The van der Waals surface area contributed by atoms with E-state index in [0.717, 1.165) is 36.4 Å². The maximum absolute atomic E-state index is 12.6. The molecule has 0 atom stereocenters. The Morgan fingerprint density at radius 1 is 1.04 bits per heavy atom. The molecule has 1 amide bonds. The van der Waals surface area contributed by atoms with Crippen LogP contribution in [0, 0.1) is 6.92 Å². The zero-order valence-corrected chi connectivity index (χ0v) is 14.8. The Bertz CT molecular complexity index is 951. The fraction of sp³-hybridized carbons (Fsp3) is 0.182. The summed E-state index contributed by atoms with van der Waals surface area (Å²) in [6.07, 6.45) is 4.46. The van der Waals surface area contributed by atoms with E-state index in [0.29, 0.717) is 5.56 Å². The predicted molar refractivity (Wildman–Crippen MR) is 105 cm³/mol. The number of aromatic nitrogens is 1. The molecule has 0 saturated heterocycles. The number of fused-ring (bicyclic) bond motifs is 1. The van der Waals surface area contributed by atoms with Crippen LogP contribution in [0.25, 0.3) is 0 Å². The molecule has 0 bridgehead atoms. The van der Waals surface area contributed by atoms with E-state index in [2.05, 4.69) is 39.5 Å². The fourth-order valence-electron chi connectivity index (χ4n) is 3.37. The number of carbonyl (C=O) groups excluding carboxylic acids is 1. The van der Waals surface area contributed by atoms with Gasteiger partial charge < -0.3 is 10.2 Å². The Kier molecular flexibility index (Phi) is 4.40. The molecule has 2 heterocycles. The summed E-state index contributed by atoms with van der Waals surface area (Å²) >= 11 is 0. The first-order valence-electron chi connectivity index (χ1n) is 8.84. The van der Waals surface area contributed by atoms with Crippen LogP contribution in [0.3, 0.4) is 0 Å². The fourth-order valence-corrected chi connectivity index (χ4v) is 3.37. The molecule has 0 aliphatic carbocycles. The quantitative estimate of drug-likeness (QED) is 0.775. The lowest BCUT2D eigenvalue weighted by Crippen LogP contribution is -2.30. The lowest BCUT2D eigenvalue weighted by atomic mass is 9.99. The average Bonchev–Trinajstić information content (AvgIpc) is 2.68. The lowest BCUT2D eigenvalue weighted by Gasteiger charge is -2.30. The van der Waals surface area contributed by atoms with Gasteiger partial charge in [0.25, 0.3) is 5.91 Å². The standard InChI is InChI=1S/C22H21N3O/c1-16-5-4-8-20(11-16)24-22(26)19-12-21(14-23-13-19)25-10-9-17-6-2-3-7-18(17)15-25/h2-8,11-14H,9-10,15H2,1H3,(H,24,26). The summed E-state index contributed by atoms with van der Waals surface area (Å²) in [5, 5.41) is 2.95. The zero-order valence-electron chi connectivity index (χ0n) is 14.8. The Morgan fingerprint density at radius 2 is 1.88 bits per heavy atom. The number of hydrogen-bond donors (Lipinski definition) is 1. The second-order valence-electron chi connectivity index (χ2n) is 6.70. The summed E-state index contributed by atoms with van der Waals surface area (Å²) in [6.45, 7) is 3.79. The minimum Gasteiger partial charge on any atom is -0.366 e. The van der Waals surface area contributed by atoms with Crippen LogP contribution in [0.1, 0.15) is 27.0 Å². The highest BCUT2D eigenvalue weighted by Gasteiger charge is 2.17. The van der Waals surface area contributed by atoms with Crippen LogP contribution >= 0.6 is 0 Å². The van der Waals surface area contributed by atoms with Crippen LogP contribution in [0.5, 0.6) is 0 Å². The number of aryl methyl sites for hydroxylation is 1. The number of rotatable bonds is 3. The first-order chi connectivity index (χ1) is 12.7. The van der Waals surface area contributed by atoms with Gasteiger partial charge in [-0.1, -0.05) is 36.4 Å². The van der Waals surface area contributed by atoms with E-state index < -0.39 is 0 Å². The predicted octanol–water partition coefficient (Wildman–Crippen LogP) is 4.21. The SMILES string of the molecule is Cc1cccc(NC(=O)c2cncc(N3CCc4ccccc4C3)c2)c1. The van der Waals surface area contributed by atoms with E-state index in [1.807, 2.05) is 43.5 Å². The highest BCUT2D eigenvalue weighted by Crippen LogP contribution is 2.24. The molecule has 26 heavy (non-hydrogen) atoms. The normalized spacial score (nSPS) is 13.2. The second kappa shape index (κ2) is 7.00. The van der Waals surface area contributed by atoms with Gasteiger partial charge in [0.2, 0.25) is 0 Å². The van der Waals surface area contributed by atoms with E-state index in [-0.39, 0.29) is 5.91 Å². The molecule has 130 valence electrons. The molecule has 1 aliphatic rings. The molecule has 0 spiro atoms. The van der Waals surface area contributed by atoms with Crippen molar-refractivity contribution < 1.29 is 4.79 Å². The minimum absolute atomic E-state index is 0.137. The maximum atomic E-state index is 12.6. The lowest BCUT2D eigenvalue weighted by molar-refractivity contribution is 0.102. The van der Waals surface area contributed by atoms with E-state index in [1.54, 1.807) is 6.20 Å². The van der Waals surface area contributed by atoms with Gasteiger partial charge in [-0.15, -0.1) is 0 Å². The maximum Gasteiger partial charge on any atom is 0.257 e. The molecule has 4 heteroatoms. The van der Waals surface area contributed by atoms with Gasteiger partial charge in [0, 0.05) is 25.0 Å². The first-order valence-corrected chi connectivity index (χ1v) is 8.84. The molecular formula is C22H21N3O. The molecule has 0 fully saturated rings. The third-order valence-electron chi connectivity index (χ3n) is 4.76. The van der Waals surface area contributed by atoms with Crippen molar-refractivity contribution in [2.45, 2.75) is 19.9 Å². The largest absolute Gasteiger partial charge is 0.366 e. The van der Waals surface area contributed by atoms with Gasteiger partial charge >= 0.3 is 0 Å². The summed E-state index contributed by atoms with van der Waals surface area (Å²) in [4.78, 5) is 19.2. The molecule has 0 radical (unpaired) electrons. The summed E-state index contributed by atoms with van der Waals surface area (Å²) in [5.41, 5.74) is 6.21. The number of nitrogens with zero attached hydrogens (tertiary/aromatic N) is 2. The smallest absolute Gasteiger partial charge is 0.257 e. The number of pyridine rings is 1. The first kappa shape index (κ1) is 16.3. The van der Waals surface area contributed by atoms with Crippen molar-refractivity contribution in [3.05, 3.63) is 89.2 Å². The molecular weight excluding hydrogens is 322 g/mol. The Morgan fingerprint density at radius 3 is 2.73 bits per heavy atom. The van der Waals surface area contributed by atoms with Gasteiger partial charge in [0.15, 0.2) is 0 Å². The highest BCUT2D eigenvalue weighted by molar-refractivity contribution is 6.04. The van der Waals surface area contributed by atoms with Gasteiger partial charge in [-0.3, -0.25) is 9.78 Å². The molecule has 1 aliphatic heterocycles. The summed E-state index contributed by atoms with van der Waals surface area (Å²) in [7, 11) is 0. The molecule has 1 aromatic heterocycles. The Balaban J connectivity index is 1.53. The van der Waals surface area contributed by atoms with E-state index in [1.165, 1.54) is 11.1 Å². The Labute approximate surface area is 153 Å². The number of amides is 1. The number of hydrogen-bond acceptors (Lipinski definition) is 3. The molecule has 4 nitrogen and oxygen atoms in total. The summed E-state index contributed by atoms with van der Waals surface area (Å²) in [6, 6.07) is 18.2. The number of carbonyl (C=O) groups is 1. The molecule has 2 aromatic carbocycles. The minimum atomic E-state index is -0.137. The molecule has 0 unspecified atom stereocenters. The van der Waals surface area contributed by atoms with Crippen LogP contribution in [0.15, 0.2) is 67.0 Å². The van der Waals surface area contributed by atoms with E-state index >= 15 is 0 Å². The van der Waals surface area contributed by atoms with Crippen LogP contribution in [0.2, 0.25) is 0 Å². The van der Waals surface area contributed by atoms with Crippen molar-refractivity contribution in [3.8, 4) is 0 Å². The molecule has 1 N–H and O–H groups in total. The third kappa shape index (κ3) is 3.45. The average molecular weight is 343 g/mol. The second-order valence-corrected chi connectivity index (χ2v) is 6.70. The number of anilines is 2. The van der Waals surface area contributed by atoms with Gasteiger partial charge in [0.05, 0.1) is 17.4 Å². The van der Waals surface area contributed by atoms with Gasteiger partial charge in [0.1, 0.15) is 0 Å². The molecule has 0 saturated carbocycles. The van der Waals surface area contributed by atoms with Crippen molar-refractivity contribution in [1.29, 1.82) is 0 Å². The zero-order chi connectivity index (χ0) is 17.9. The van der Waals surface area contributed by atoms with Crippen molar-refractivity contribution in [1.82, 2.24) is 4.98 Å². The number of nitrogens with one attached hydrogen (secondary N) is 1. The molecule has 3 aromatic rings. The van der Waals surface area contributed by atoms with Gasteiger partial charge in [-0.05, 0) is 48.2 Å². The highest BCUT2D eigenvalue weighted by atomic mass is 16.1. The summed E-state index contributed by atoms with van der Waals surface area (Å²) in [5.74, 6) is -0.137. The Hall–Kier alpha value is -3.14. The molecule has 4 rings (SSSR count). The van der Waals surface area contributed by atoms with Gasteiger partial charge in [-0.25, -0.2) is 0 Å². The monoisotopic (exact) mass is 343 g/mol. The topological polar surface area (TPSA) is 45.2 Å². The van der Waals surface area contributed by atoms with Gasteiger partial charge in [-0.2, -0.15) is 0 Å². The van der Waals surface area contributed by atoms with Crippen molar-refractivity contribution in [2.24, 2.45) is 0 Å². The van der Waals surface area contributed by atoms with Crippen LogP contribution < -0.4 is 10.2 Å². The van der Waals surface area contributed by atoms with Crippen molar-refractivity contribution in [2.75, 3.05) is 16.8 Å². The van der Waals surface area contributed by atoms with E-state index in [4.69, 9.17) is 0 Å². The number of benzene rings is 2. The van der Waals surface area contributed by atoms with Crippen molar-refractivity contribution in [3.63, 3.8) is 0 Å². The van der Waals surface area contributed by atoms with E-state index in [9.17, 15) is 4.79 Å². The van der Waals surface area contributed by atoms with Crippen LogP contribution in [-0.2, 0) is 13.0 Å².